The summed E-state index contributed by atoms with van der Waals surface area (Å²) in [7, 11) is 0. The second kappa shape index (κ2) is 6.61. The van der Waals surface area contributed by atoms with Crippen LogP contribution in [0.4, 0.5) is 0 Å². The van der Waals surface area contributed by atoms with Gasteiger partial charge >= 0.3 is 0 Å². The van der Waals surface area contributed by atoms with Crippen molar-refractivity contribution >= 4 is 17.3 Å². The zero-order valence-electron chi connectivity index (χ0n) is 22.4. The molecule has 5 fully saturated rings. The van der Waals surface area contributed by atoms with E-state index in [2.05, 4.69) is 41.5 Å². The summed E-state index contributed by atoms with van der Waals surface area (Å²) >= 11 is 0. The van der Waals surface area contributed by atoms with E-state index in [0.29, 0.717) is 42.9 Å². The Morgan fingerprint density at radius 1 is 0.727 bits per heavy atom. The summed E-state index contributed by atoms with van der Waals surface area (Å²) in [5.41, 5.74) is -1.97. The molecule has 0 unspecified atom stereocenters. The third-order valence-electron chi connectivity index (χ3n) is 13.4. The fourth-order valence-electron chi connectivity index (χ4n) is 11.1. The predicted molar refractivity (Wildman–Crippen MR) is 131 cm³/mol. The lowest BCUT2D eigenvalue weighted by atomic mass is 9.36. The molecule has 5 aliphatic carbocycles. The number of Topliss-reactive ketones (excluding diaryl/α,β-unsaturated/α-hetero) is 3. The smallest absolute Gasteiger partial charge is 0.153 e. The molecular weight excluding hydrogens is 408 g/mol. The topological polar surface area (TPSA) is 51.2 Å². The van der Waals surface area contributed by atoms with Crippen LogP contribution in [0.15, 0.2) is 0 Å². The molecule has 184 valence electrons. The zero-order chi connectivity index (χ0) is 24.4. The average molecular weight is 455 g/mol. The van der Waals surface area contributed by atoms with Crippen molar-refractivity contribution in [2.24, 2.45) is 56.2 Å². The van der Waals surface area contributed by atoms with Crippen molar-refractivity contribution in [1.29, 1.82) is 0 Å². The molecule has 0 aliphatic heterocycles. The van der Waals surface area contributed by atoms with Crippen LogP contribution in [-0.4, -0.2) is 17.3 Å². The standard InChI is InChI=1S/C30H46O3/c1-18(2)19-9-10-20-26(19,5)13-14-29(8)24(33)30(16-15-27(20,29)6)23(32)17-21-25(3,4)22(31)11-12-28(21,30)7/h18-21H,9-17H2,1-8H3/t19-,20-,21+,26-,27+,28+,29+,30+/m0/s1. The highest BCUT2D eigenvalue weighted by atomic mass is 16.2. The van der Waals surface area contributed by atoms with Gasteiger partial charge < -0.3 is 0 Å². The number of rotatable bonds is 1. The Morgan fingerprint density at radius 3 is 2.03 bits per heavy atom. The lowest BCUT2D eigenvalue weighted by molar-refractivity contribution is -0.196. The normalized spacial score (nSPS) is 53.4. The molecule has 5 aliphatic rings. The molecule has 8 atom stereocenters. The monoisotopic (exact) mass is 454 g/mol. The molecule has 1 spiro atoms. The summed E-state index contributed by atoms with van der Waals surface area (Å²) < 4.78 is 0. The number of ketones is 3. The van der Waals surface area contributed by atoms with Crippen LogP contribution >= 0.6 is 0 Å². The number of carbonyl (C=O) groups excluding carboxylic acids is 3. The van der Waals surface area contributed by atoms with E-state index in [1.54, 1.807) is 0 Å². The molecule has 0 radical (unpaired) electrons. The van der Waals surface area contributed by atoms with Crippen LogP contribution in [0.3, 0.4) is 0 Å². The van der Waals surface area contributed by atoms with E-state index in [1.807, 2.05) is 13.8 Å². The van der Waals surface area contributed by atoms with E-state index >= 15 is 0 Å². The number of carbonyl (C=O) groups is 3. The van der Waals surface area contributed by atoms with Crippen LogP contribution in [0.5, 0.6) is 0 Å². The van der Waals surface area contributed by atoms with Crippen molar-refractivity contribution in [3.63, 3.8) is 0 Å². The minimum Gasteiger partial charge on any atom is -0.299 e. The minimum atomic E-state index is -0.881. The summed E-state index contributed by atoms with van der Waals surface area (Å²) in [6.07, 6.45) is 7.80. The molecule has 3 heteroatoms. The van der Waals surface area contributed by atoms with Gasteiger partial charge in [0.25, 0.3) is 0 Å². The van der Waals surface area contributed by atoms with Crippen LogP contribution < -0.4 is 0 Å². The third-order valence-corrected chi connectivity index (χ3v) is 13.4. The summed E-state index contributed by atoms with van der Waals surface area (Å²) in [6, 6.07) is 0. The van der Waals surface area contributed by atoms with Crippen LogP contribution in [0.2, 0.25) is 0 Å². The average Bonchev–Trinajstić information content (AvgIpc) is 3.20. The summed E-state index contributed by atoms with van der Waals surface area (Å²) in [5, 5.41) is 0. The van der Waals surface area contributed by atoms with Gasteiger partial charge in [-0.15, -0.1) is 0 Å². The Balaban J connectivity index is 1.59. The first-order chi connectivity index (χ1) is 15.1. The van der Waals surface area contributed by atoms with Crippen LogP contribution in [0.1, 0.15) is 113 Å². The van der Waals surface area contributed by atoms with Gasteiger partial charge in [0.15, 0.2) is 5.78 Å². The van der Waals surface area contributed by atoms with Gasteiger partial charge in [0.05, 0.1) is 5.41 Å². The largest absolute Gasteiger partial charge is 0.299 e. The van der Waals surface area contributed by atoms with Crippen molar-refractivity contribution in [2.75, 3.05) is 0 Å². The van der Waals surface area contributed by atoms with Crippen molar-refractivity contribution in [3.8, 4) is 0 Å². The van der Waals surface area contributed by atoms with Gasteiger partial charge in [0.2, 0.25) is 0 Å². The highest BCUT2D eigenvalue weighted by Gasteiger charge is 2.77. The van der Waals surface area contributed by atoms with Gasteiger partial charge in [0.1, 0.15) is 11.6 Å². The first kappa shape index (κ1) is 23.7. The predicted octanol–water partition coefficient (Wildman–Crippen LogP) is 6.82. The molecule has 0 amide bonds. The van der Waals surface area contributed by atoms with Gasteiger partial charge in [-0.25, -0.2) is 0 Å². The van der Waals surface area contributed by atoms with Crippen LogP contribution in [-0.2, 0) is 14.4 Å². The van der Waals surface area contributed by atoms with Crippen molar-refractivity contribution in [3.05, 3.63) is 0 Å². The van der Waals surface area contributed by atoms with Crippen molar-refractivity contribution in [2.45, 2.75) is 113 Å². The summed E-state index contributed by atoms with van der Waals surface area (Å²) in [5.74, 6) is 2.65. The van der Waals surface area contributed by atoms with E-state index < -0.39 is 16.2 Å². The first-order valence-electron chi connectivity index (χ1n) is 13.7. The van der Waals surface area contributed by atoms with Gasteiger partial charge in [0, 0.05) is 23.7 Å². The van der Waals surface area contributed by atoms with Crippen molar-refractivity contribution < 1.29 is 14.4 Å². The fourth-order valence-corrected chi connectivity index (χ4v) is 11.1. The Kier molecular flexibility index (Phi) is 4.75. The SMILES string of the molecule is CC(C)[C@@H]1CC[C@H]2[C@@]1(C)CC[C@]1(C)C(=O)[C@@]3(CC[C@]21C)C(=O)C[C@@H]1C(C)(C)C(=O)CC[C@]13C. The van der Waals surface area contributed by atoms with E-state index in [1.165, 1.54) is 12.8 Å². The zero-order valence-corrected chi connectivity index (χ0v) is 22.4. The number of hydrogen-bond acceptors (Lipinski definition) is 3. The number of hydrogen-bond donors (Lipinski definition) is 0. The summed E-state index contributed by atoms with van der Waals surface area (Å²) in [4.78, 5) is 41.7. The molecule has 3 nitrogen and oxygen atoms in total. The lowest BCUT2D eigenvalue weighted by Gasteiger charge is -2.66. The van der Waals surface area contributed by atoms with Gasteiger partial charge in [-0.05, 0) is 84.9 Å². The Hall–Kier alpha value is -0.990. The second-order valence-corrected chi connectivity index (χ2v) is 14.7. The van der Waals surface area contributed by atoms with Crippen LogP contribution in [0.25, 0.3) is 0 Å². The highest BCUT2D eigenvalue weighted by molar-refractivity contribution is 6.13. The number of fused-ring (bicyclic) bond motifs is 5. The Labute approximate surface area is 201 Å². The molecule has 0 N–H and O–H groups in total. The molecule has 0 heterocycles. The minimum absolute atomic E-state index is 0.0127. The first-order valence-corrected chi connectivity index (χ1v) is 13.7. The molecular formula is C30H46O3. The molecule has 0 bridgehead atoms. The second-order valence-electron chi connectivity index (χ2n) is 14.7. The van der Waals surface area contributed by atoms with E-state index in [4.69, 9.17) is 0 Å². The molecule has 0 saturated heterocycles. The van der Waals surface area contributed by atoms with E-state index in [9.17, 15) is 14.4 Å². The van der Waals surface area contributed by atoms with Crippen LogP contribution in [0, 0.1) is 56.2 Å². The molecule has 33 heavy (non-hydrogen) atoms. The van der Waals surface area contributed by atoms with E-state index in [-0.39, 0.29) is 34.1 Å². The Morgan fingerprint density at radius 2 is 1.39 bits per heavy atom. The van der Waals surface area contributed by atoms with Gasteiger partial charge in [-0.2, -0.15) is 0 Å². The molecule has 0 aromatic heterocycles. The fraction of sp³-hybridized carbons (Fsp3) is 0.900. The lowest BCUT2D eigenvalue weighted by Crippen LogP contribution is -2.67. The molecule has 5 saturated carbocycles. The van der Waals surface area contributed by atoms with Gasteiger partial charge in [-0.1, -0.05) is 55.4 Å². The maximum absolute atomic E-state index is 14.9. The highest BCUT2D eigenvalue weighted by Crippen LogP contribution is 2.77. The quantitative estimate of drug-likeness (QED) is 0.409. The van der Waals surface area contributed by atoms with E-state index in [0.717, 1.165) is 25.2 Å². The maximum Gasteiger partial charge on any atom is 0.153 e. The Bertz CT molecular complexity index is 931. The summed E-state index contributed by atoms with van der Waals surface area (Å²) in [6.45, 7) is 18.2. The molecule has 0 aromatic rings. The van der Waals surface area contributed by atoms with Gasteiger partial charge in [-0.3, -0.25) is 14.4 Å². The third kappa shape index (κ3) is 2.41. The van der Waals surface area contributed by atoms with Crippen molar-refractivity contribution in [1.82, 2.24) is 0 Å². The molecule has 5 rings (SSSR count). The molecule has 0 aromatic carbocycles. The maximum atomic E-state index is 14.9.